The summed E-state index contributed by atoms with van der Waals surface area (Å²) in [5.41, 5.74) is 1.07. The normalized spacial score (nSPS) is 16.1. The molecule has 2 N–H and O–H groups in total. The first kappa shape index (κ1) is 14.7. The van der Waals surface area contributed by atoms with Gasteiger partial charge >= 0.3 is 6.09 Å². The van der Waals surface area contributed by atoms with E-state index in [9.17, 15) is 9.90 Å². The second kappa shape index (κ2) is 7.14. The van der Waals surface area contributed by atoms with Gasteiger partial charge in [-0.05, 0) is 37.5 Å². The van der Waals surface area contributed by atoms with Gasteiger partial charge in [0.2, 0.25) is 0 Å². The van der Waals surface area contributed by atoms with Gasteiger partial charge in [0.15, 0.2) is 0 Å². The second-order valence-electron chi connectivity index (χ2n) is 5.01. The Bertz CT molecular complexity index is 442. The lowest BCUT2D eigenvalue weighted by molar-refractivity contribution is 0.0950. The highest BCUT2D eigenvalue weighted by Crippen LogP contribution is 2.14. The largest absolute Gasteiger partial charge is 0.508 e. The van der Waals surface area contributed by atoms with E-state index in [1.54, 1.807) is 17.0 Å². The van der Waals surface area contributed by atoms with Gasteiger partial charge in [-0.15, -0.1) is 0 Å². The van der Waals surface area contributed by atoms with Gasteiger partial charge in [-0.2, -0.15) is 0 Å². The van der Waals surface area contributed by atoms with Gasteiger partial charge in [-0.1, -0.05) is 12.1 Å². The molecule has 0 spiro atoms. The van der Waals surface area contributed by atoms with E-state index < -0.39 is 0 Å². The minimum atomic E-state index is -0.209. The number of hydrogen-bond donors (Lipinski definition) is 2. The maximum Gasteiger partial charge on any atom is 0.409 e. The smallest absolute Gasteiger partial charge is 0.409 e. The maximum atomic E-state index is 11.6. The Hall–Kier alpha value is -1.75. The summed E-state index contributed by atoms with van der Waals surface area (Å²) in [5.74, 6) is 0.293. The van der Waals surface area contributed by atoms with Gasteiger partial charge in [0.05, 0.1) is 6.61 Å². The number of carbonyl (C=O) groups is 1. The van der Waals surface area contributed by atoms with Crippen LogP contribution >= 0.6 is 0 Å². The molecule has 1 aliphatic rings. The first-order chi connectivity index (χ1) is 9.69. The van der Waals surface area contributed by atoms with Crippen LogP contribution in [0, 0.1) is 0 Å². The van der Waals surface area contributed by atoms with E-state index in [0.717, 1.165) is 38.0 Å². The molecule has 5 nitrogen and oxygen atoms in total. The van der Waals surface area contributed by atoms with Crippen LogP contribution in [0.2, 0.25) is 0 Å². The standard InChI is InChI=1S/C15H22N2O3/c1-2-20-15(19)17-8-6-13(7-9-17)16-11-12-4-3-5-14(18)10-12/h3-5,10,13,16,18H,2,6-9,11H2,1H3. The zero-order valence-electron chi connectivity index (χ0n) is 11.8. The molecule has 1 heterocycles. The summed E-state index contributed by atoms with van der Waals surface area (Å²) < 4.78 is 5.00. The molecular weight excluding hydrogens is 256 g/mol. The van der Waals surface area contributed by atoms with Crippen LogP contribution in [0.25, 0.3) is 0 Å². The summed E-state index contributed by atoms with van der Waals surface area (Å²) in [6, 6.07) is 7.67. The zero-order valence-corrected chi connectivity index (χ0v) is 11.8. The molecule has 2 rings (SSSR count). The Morgan fingerprint density at radius 2 is 2.20 bits per heavy atom. The molecule has 1 fully saturated rings. The summed E-state index contributed by atoms with van der Waals surface area (Å²) in [5, 5.41) is 12.9. The number of nitrogens with one attached hydrogen (secondary N) is 1. The zero-order chi connectivity index (χ0) is 14.4. The van der Waals surface area contributed by atoms with Crippen LogP contribution in [-0.4, -0.2) is 41.8 Å². The number of hydrogen-bond acceptors (Lipinski definition) is 4. The summed E-state index contributed by atoms with van der Waals surface area (Å²) in [6.07, 6.45) is 1.65. The molecule has 1 aliphatic heterocycles. The molecule has 5 heteroatoms. The van der Waals surface area contributed by atoms with E-state index in [0.29, 0.717) is 18.4 Å². The number of phenolic OH excluding ortho intramolecular Hbond substituents is 1. The molecule has 0 unspecified atom stereocenters. The van der Waals surface area contributed by atoms with Crippen molar-refractivity contribution >= 4 is 6.09 Å². The summed E-state index contributed by atoms with van der Waals surface area (Å²) in [6.45, 7) is 4.45. The molecule has 0 aromatic heterocycles. The number of piperidine rings is 1. The van der Waals surface area contributed by atoms with Gasteiger partial charge in [-0.25, -0.2) is 4.79 Å². The van der Waals surface area contributed by atoms with Crippen LogP contribution in [0.1, 0.15) is 25.3 Å². The second-order valence-corrected chi connectivity index (χ2v) is 5.01. The molecule has 0 saturated carbocycles. The van der Waals surface area contributed by atoms with Crippen LogP contribution in [0.15, 0.2) is 24.3 Å². The highest BCUT2D eigenvalue weighted by atomic mass is 16.6. The van der Waals surface area contributed by atoms with Crippen LogP contribution in [0.5, 0.6) is 5.75 Å². The molecule has 0 radical (unpaired) electrons. The van der Waals surface area contributed by atoms with E-state index in [4.69, 9.17) is 4.74 Å². The number of ether oxygens (including phenoxy) is 1. The van der Waals surface area contributed by atoms with Crippen LogP contribution < -0.4 is 5.32 Å². The summed E-state index contributed by atoms with van der Waals surface area (Å²) >= 11 is 0. The third-order valence-electron chi connectivity index (χ3n) is 3.53. The SMILES string of the molecule is CCOC(=O)N1CCC(NCc2cccc(O)c2)CC1. The van der Waals surface area contributed by atoms with Crippen LogP contribution in [0.4, 0.5) is 4.79 Å². The van der Waals surface area contributed by atoms with Gasteiger partial charge in [0.1, 0.15) is 5.75 Å². The summed E-state index contributed by atoms with van der Waals surface area (Å²) in [4.78, 5) is 13.3. The Morgan fingerprint density at radius 3 is 2.85 bits per heavy atom. The average Bonchev–Trinajstić information content (AvgIpc) is 2.46. The Kier molecular flexibility index (Phi) is 5.24. The number of aromatic hydroxyl groups is 1. The van der Waals surface area contributed by atoms with Gasteiger partial charge < -0.3 is 20.1 Å². The van der Waals surface area contributed by atoms with Crippen molar-refractivity contribution in [2.75, 3.05) is 19.7 Å². The number of phenols is 1. The monoisotopic (exact) mass is 278 g/mol. The molecule has 20 heavy (non-hydrogen) atoms. The fourth-order valence-corrected chi connectivity index (χ4v) is 2.41. The van der Waals surface area contributed by atoms with Crippen molar-refractivity contribution < 1.29 is 14.6 Å². The predicted octanol–water partition coefficient (Wildman–Crippen LogP) is 2.10. The molecule has 0 atom stereocenters. The topological polar surface area (TPSA) is 61.8 Å². The lowest BCUT2D eigenvalue weighted by Crippen LogP contribution is -2.44. The Morgan fingerprint density at radius 1 is 1.45 bits per heavy atom. The van der Waals surface area contributed by atoms with Gasteiger partial charge in [0.25, 0.3) is 0 Å². The fourth-order valence-electron chi connectivity index (χ4n) is 2.41. The van der Waals surface area contributed by atoms with Crippen molar-refractivity contribution in [1.29, 1.82) is 0 Å². The van der Waals surface area contributed by atoms with Crippen molar-refractivity contribution in [3.63, 3.8) is 0 Å². The summed E-state index contributed by atoms with van der Waals surface area (Å²) in [7, 11) is 0. The fraction of sp³-hybridized carbons (Fsp3) is 0.533. The van der Waals surface area contributed by atoms with E-state index >= 15 is 0 Å². The van der Waals surface area contributed by atoms with Gasteiger partial charge in [0, 0.05) is 25.7 Å². The molecule has 1 saturated heterocycles. The molecule has 1 aromatic rings. The molecule has 1 aromatic carbocycles. The molecular formula is C15H22N2O3. The first-order valence-electron chi connectivity index (χ1n) is 7.12. The number of carbonyl (C=O) groups excluding carboxylic acids is 1. The minimum absolute atomic E-state index is 0.209. The lowest BCUT2D eigenvalue weighted by atomic mass is 10.0. The van der Waals surface area contributed by atoms with Crippen molar-refractivity contribution in [3.05, 3.63) is 29.8 Å². The number of likely N-dealkylation sites (tertiary alicyclic amines) is 1. The van der Waals surface area contributed by atoms with Crippen LogP contribution in [-0.2, 0) is 11.3 Å². The number of rotatable bonds is 4. The predicted molar refractivity (Wildman–Crippen MR) is 76.6 cm³/mol. The maximum absolute atomic E-state index is 11.6. The third-order valence-corrected chi connectivity index (χ3v) is 3.53. The average molecular weight is 278 g/mol. The van der Waals surface area contributed by atoms with Crippen molar-refractivity contribution in [2.45, 2.75) is 32.4 Å². The molecule has 110 valence electrons. The van der Waals surface area contributed by atoms with Crippen molar-refractivity contribution in [3.8, 4) is 5.75 Å². The third kappa shape index (κ3) is 4.13. The number of nitrogens with zero attached hydrogens (tertiary/aromatic N) is 1. The van der Waals surface area contributed by atoms with E-state index in [-0.39, 0.29) is 6.09 Å². The molecule has 0 bridgehead atoms. The van der Waals surface area contributed by atoms with Crippen molar-refractivity contribution in [2.24, 2.45) is 0 Å². The number of amides is 1. The van der Waals surface area contributed by atoms with E-state index in [2.05, 4.69) is 5.32 Å². The van der Waals surface area contributed by atoms with Crippen molar-refractivity contribution in [1.82, 2.24) is 10.2 Å². The Balaban J connectivity index is 1.73. The highest BCUT2D eigenvalue weighted by Gasteiger charge is 2.22. The highest BCUT2D eigenvalue weighted by molar-refractivity contribution is 5.67. The minimum Gasteiger partial charge on any atom is -0.508 e. The van der Waals surface area contributed by atoms with Crippen LogP contribution in [0.3, 0.4) is 0 Å². The molecule has 1 amide bonds. The van der Waals surface area contributed by atoms with E-state index in [1.165, 1.54) is 0 Å². The van der Waals surface area contributed by atoms with E-state index in [1.807, 2.05) is 19.1 Å². The van der Waals surface area contributed by atoms with Gasteiger partial charge in [-0.3, -0.25) is 0 Å². The first-order valence-corrected chi connectivity index (χ1v) is 7.12. The Labute approximate surface area is 119 Å². The quantitative estimate of drug-likeness (QED) is 0.885. The number of benzene rings is 1. The lowest BCUT2D eigenvalue weighted by Gasteiger charge is -2.31. The molecule has 0 aliphatic carbocycles.